The fraction of sp³-hybridized carbons (Fsp3) is 0.419. The third-order valence-electron chi connectivity index (χ3n) is 7.05. The van der Waals surface area contributed by atoms with Crippen molar-refractivity contribution in [3.63, 3.8) is 0 Å². The number of tetrazole rings is 1. The van der Waals surface area contributed by atoms with Crippen LogP contribution < -0.4 is 0 Å². The predicted octanol–water partition coefficient (Wildman–Crippen LogP) is 4.79. The summed E-state index contributed by atoms with van der Waals surface area (Å²) in [5.41, 5.74) is 1.88. The number of rotatable bonds is 16. The number of aliphatic hydroxyl groups is 1. The summed E-state index contributed by atoms with van der Waals surface area (Å²) in [5, 5.41) is 42.5. The van der Waals surface area contributed by atoms with Crippen molar-refractivity contribution in [3.8, 4) is 22.5 Å². The first-order chi connectivity index (χ1) is 22.4. The number of imidazole rings is 1. The summed E-state index contributed by atoms with van der Waals surface area (Å²) in [4.78, 5) is 44.3. The van der Waals surface area contributed by atoms with Gasteiger partial charge < -0.3 is 29.1 Å². The molecule has 1 atom stereocenters. The van der Waals surface area contributed by atoms with Crippen LogP contribution in [0, 0.1) is 10.1 Å². The average Bonchev–Trinajstić information content (AvgIpc) is 3.65. The highest BCUT2D eigenvalue weighted by Crippen LogP contribution is 2.31. The largest absolute Gasteiger partial charge is 0.510 e. The van der Waals surface area contributed by atoms with Crippen LogP contribution in [0.4, 0.5) is 4.79 Å². The van der Waals surface area contributed by atoms with Crippen LogP contribution in [0.15, 0.2) is 48.5 Å². The van der Waals surface area contributed by atoms with Gasteiger partial charge in [0.1, 0.15) is 17.1 Å². The molecule has 0 aliphatic rings. The number of carboxylic acid groups (broad SMARTS) is 1. The Labute approximate surface area is 270 Å². The van der Waals surface area contributed by atoms with Gasteiger partial charge in [-0.3, -0.25) is 0 Å². The van der Waals surface area contributed by atoms with E-state index in [1.165, 1.54) is 13.8 Å². The molecule has 0 radical (unpaired) electrons. The van der Waals surface area contributed by atoms with E-state index >= 15 is 0 Å². The maximum absolute atomic E-state index is 12.3. The number of carbonyl (C=O) groups excluding carboxylic acids is 1. The number of nitrogens with zero attached hydrogens (tertiary/aromatic N) is 7. The number of unbranched alkanes of at least 4 members (excludes halogenated alkanes) is 1. The number of benzene rings is 2. The van der Waals surface area contributed by atoms with Crippen LogP contribution in [0.2, 0.25) is 0 Å². The van der Waals surface area contributed by atoms with Crippen molar-refractivity contribution < 1.29 is 39.2 Å². The Hall–Kier alpha value is -5.38. The lowest BCUT2D eigenvalue weighted by Crippen LogP contribution is -2.22. The maximum atomic E-state index is 12.3. The van der Waals surface area contributed by atoms with Crippen LogP contribution in [0.3, 0.4) is 0 Å². The molecule has 2 heterocycles. The SMILES string of the molecule is CCCc1nc(C(C)(C)O)c(C(=O)O)n1Cc1ccc(-c2ccccc2-c2nnn(C(C)OC(=O)OCCCCO[N+](=O)[O-])n2)cc1. The smallest absolute Gasteiger partial charge is 0.477 e. The minimum Gasteiger partial charge on any atom is -0.477 e. The monoisotopic (exact) mass is 651 g/mol. The zero-order valence-electron chi connectivity index (χ0n) is 26.5. The molecule has 4 rings (SSSR count). The first kappa shape index (κ1) is 34.5. The van der Waals surface area contributed by atoms with E-state index < -0.39 is 29.0 Å². The third kappa shape index (κ3) is 8.88. The molecular formula is C31H37N7O9. The molecule has 2 N–H and O–H groups in total. The van der Waals surface area contributed by atoms with Crippen molar-refractivity contribution in [1.29, 1.82) is 0 Å². The van der Waals surface area contributed by atoms with Gasteiger partial charge in [-0.1, -0.05) is 55.5 Å². The Kier molecular flexibility index (Phi) is 11.2. The zero-order valence-corrected chi connectivity index (χ0v) is 26.5. The van der Waals surface area contributed by atoms with E-state index in [1.54, 1.807) is 11.5 Å². The van der Waals surface area contributed by atoms with Gasteiger partial charge in [-0.25, -0.2) is 14.6 Å². The van der Waals surface area contributed by atoms with Gasteiger partial charge in [0.05, 0.1) is 13.2 Å². The van der Waals surface area contributed by atoms with E-state index in [0.29, 0.717) is 36.5 Å². The van der Waals surface area contributed by atoms with Crippen molar-refractivity contribution in [1.82, 2.24) is 29.8 Å². The summed E-state index contributed by atoms with van der Waals surface area (Å²) in [5.74, 6) is -0.262. The summed E-state index contributed by atoms with van der Waals surface area (Å²) < 4.78 is 11.9. The summed E-state index contributed by atoms with van der Waals surface area (Å²) >= 11 is 0. The second-order valence-corrected chi connectivity index (χ2v) is 11.2. The van der Waals surface area contributed by atoms with Gasteiger partial charge in [0.15, 0.2) is 5.69 Å². The van der Waals surface area contributed by atoms with E-state index in [-0.39, 0.29) is 31.1 Å². The molecule has 0 aliphatic carbocycles. The molecule has 16 nitrogen and oxygen atoms in total. The first-order valence-electron chi connectivity index (χ1n) is 15.0. The number of aromatic carboxylic acids is 1. The van der Waals surface area contributed by atoms with Crippen molar-refractivity contribution >= 4 is 12.1 Å². The standard InChI is InChI=1S/C31H37N7O9/c1-5-10-25-32-27(31(3,4)42)26(29(39)40)36(25)19-21-13-15-22(16-14-21)23-11-6-7-12-24(23)28-33-35-37(34-28)20(2)47-30(41)45-17-8-9-18-46-38(43)44/h6-7,11-16,20,42H,5,8-10,17-19H2,1-4H3,(H,39,40). The fourth-order valence-electron chi connectivity index (χ4n) is 4.84. The Morgan fingerprint density at radius 1 is 1.06 bits per heavy atom. The molecular weight excluding hydrogens is 614 g/mol. The lowest BCUT2D eigenvalue weighted by Gasteiger charge is -2.16. The fourth-order valence-corrected chi connectivity index (χ4v) is 4.84. The number of hydrogen-bond donors (Lipinski definition) is 2. The predicted molar refractivity (Wildman–Crippen MR) is 166 cm³/mol. The van der Waals surface area contributed by atoms with Crippen molar-refractivity contribution in [2.45, 2.75) is 71.8 Å². The van der Waals surface area contributed by atoms with E-state index in [4.69, 9.17) is 9.47 Å². The molecule has 4 aromatic rings. The molecule has 0 amide bonds. The van der Waals surface area contributed by atoms with E-state index in [1.807, 2.05) is 55.5 Å². The highest BCUT2D eigenvalue weighted by Gasteiger charge is 2.31. The van der Waals surface area contributed by atoms with Crippen LogP contribution in [-0.2, 0) is 32.9 Å². The number of hydrogen-bond acceptors (Lipinski definition) is 12. The van der Waals surface area contributed by atoms with Crippen LogP contribution in [0.1, 0.15) is 80.8 Å². The van der Waals surface area contributed by atoms with E-state index in [2.05, 4.69) is 25.2 Å². The van der Waals surface area contributed by atoms with Crippen molar-refractivity contribution in [2.75, 3.05) is 13.2 Å². The highest BCUT2D eigenvalue weighted by atomic mass is 16.9. The first-order valence-corrected chi connectivity index (χ1v) is 15.0. The molecule has 0 spiro atoms. The van der Waals surface area contributed by atoms with Gasteiger partial charge in [-0.15, -0.1) is 25.1 Å². The second-order valence-electron chi connectivity index (χ2n) is 11.2. The molecule has 47 heavy (non-hydrogen) atoms. The number of aryl methyl sites for hydroxylation is 1. The van der Waals surface area contributed by atoms with Gasteiger partial charge >= 0.3 is 12.1 Å². The lowest BCUT2D eigenvalue weighted by atomic mass is 9.98. The van der Waals surface area contributed by atoms with Crippen LogP contribution in [0.25, 0.3) is 22.5 Å². The Morgan fingerprint density at radius 2 is 1.74 bits per heavy atom. The van der Waals surface area contributed by atoms with E-state index in [0.717, 1.165) is 27.9 Å². The van der Waals surface area contributed by atoms with Gasteiger partial charge in [-0.2, -0.15) is 0 Å². The molecule has 2 aromatic heterocycles. The van der Waals surface area contributed by atoms with Crippen LogP contribution in [-0.4, -0.2) is 70.4 Å². The molecule has 0 bridgehead atoms. The van der Waals surface area contributed by atoms with E-state index in [9.17, 15) is 29.9 Å². The van der Waals surface area contributed by atoms with Gasteiger partial charge in [0.2, 0.25) is 12.1 Å². The average molecular weight is 652 g/mol. The topological polar surface area (TPSA) is 207 Å². The summed E-state index contributed by atoms with van der Waals surface area (Å²) in [6.45, 7) is 6.74. The van der Waals surface area contributed by atoms with Crippen molar-refractivity contribution in [3.05, 3.63) is 81.4 Å². The lowest BCUT2D eigenvalue weighted by molar-refractivity contribution is -0.757. The van der Waals surface area contributed by atoms with Gasteiger partial charge in [0, 0.05) is 18.5 Å². The quantitative estimate of drug-likeness (QED) is 0.0724. The summed E-state index contributed by atoms with van der Waals surface area (Å²) in [6, 6.07) is 15.1. The molecule has 250 valence electrons. The Bertz CT molecular complexity index is 1690. The van der Waals surface area contributed by atoms with Gasteiger partial charge in [0.25, 0.3) is 5.09 Å². The molecule has 1 unspecified atom stereocenters. The molecule has 16 heteroatoms. The number of carbonyl (C=O) groups is 2. The minimum atomic E-state index is -1.42. The number of aromatic nitrogens is 6. The van der Waals surface area contributed by atoms with Crippen LogP contribution in [0.5, 0.6) is 0 Å². The minimum absolute atomic E-state index is 0.000348. The Morgan fingerprint density at radius 3 is 2.38 bits per heavy atom. The molecule has 0 fully saturated rings. The molecule has 0 saturated heterocycles. The summed E-state index contributed by atoms with van der Waals surface area (Å²) in [6.07, 6.45) is 0.134. The molecule has 2 aromatic carbocycles. The maximum Gasteiger partial charge on any atom is 0.510 e. The zero-order chi connectivity index (χ0) is 34.1. The third-order valence-corrected chi connectivity index (χ3v) is 7.05. The van der Waals surface area contributed by atoms with Crippen molar-refractivity contribution in [2.24, 2.45) is 0 Å². The summed E-state index contributed by atoms with van der Waals surface area (Å²) in [7, 11) is 0. The van der Waals surface area contributed by atoms with Gasteiger partial charge in [-0.05, 0) is 61.9 Å². The number of carboxylic acids is 1. The molecule has 0 aliphatic heterocycles. The second kappa shape index (κ2) is 15.3. The number of ether oxygens (including phenoxy) is 2. The molecule has 0 saturated carbocycles. The Balaban J connectivity index is 1.47. The highest BCUT2D eigenvalue weighted by molar-refractivity contribution is 5.87. The normalized spacial score (nSPS) is 12.0. The van der Waals surface area contributed by atoms with Crippen LogP contribution >= 0.6 is 0 Å².